The van der Waals surface area contributed by atoms with Crippen molar-refractivity contribution < 1.29 is 0 Å². The fraction of sp³-hybridized carbons (Fsp3) is 0.333. The van der Waals surface area contributed by atoms with Crippen molar-refractivity contribution in [2.24, 2.45) is 0 Å². The summed E-state index contributed by atoms with van der Waals surface area (Å²) in [6, 6.07) is 1.81. The van der Waals surface area contributed by atoms with Crippen LogP contribution in [0.1, 0.15) is 0 Å². The molecular formula is C9H10Cl4P+. The predicted molar refractivity (Wildman–Crippen MR) is 70.8 cm³/mol. The number of halogens is 4. The van der Waals surface area contributed by atoms with Gasteiger partial charge in [0.25, 0.3) is 0 Å². The maximum Gasteiger partial charge on any atom is 0.115 e. The van der Waals surface area contributed by atoms with Crippen LogP contribution in [0.25, 0.3) is 0 Å². The molecule has 1 aromatic carbocycles. The Hall–Kier alpha value is 0.810. The predicted octanol–water partition coefficient (Wildman–Crippen LogP) is 4.83. The Labute approximate surface area is 105 Å². The zero-order valence-corrected chi connectivity index (χ0v) is 12.0. The van der Waals surface area contributed by atoms with Gasteiger partial charge in [-0.15, -0.1) is 0 Å². The van der Waals surface area contributed by atoms with Gasteiger partial charge in [0.05, 0.1) is 35.1 Å². The van der Waals surface area contributed by atoms with Gasteiger partial charge in [0.15, 0.2) is 0 Å². The summed E-state index contributed by atoms with van der Waals surface area (Å²) in [6.07, 6.45) is 0. The van der Waals surface area contributed by atoms with Gasteiger partial charge in [-0.2, -0.15) is 0 Å². The molecule has 0 atom stereocenters. The quantitative estimate of drug-likeness (QED) is 0.395. The van der Waals surface area contributed by atoms with Gasteiger partial charge in [0.2, 0.25) is 0 Å². The molecule has 78 valence electrons. The molecule has 1 aromatic rings. The molecule has 0 saturated carbocycles. The number of hydrogen-bond donors (Lipinski definition) is 0. The van der Waals surface area contributed by atoms with E-state index in [9.17, 15) is 0 Å². The molecule has 0 nitrogen and oxygen atoms in total. The van der Waals surface area contributed by atoms with Crippen LogP contribution in [0.5, 0.6) is 0 Å². The van der Waals surface area contributed by atoms with E-state index < -0.39 is 7.26 Å². The fourth-order valence-corrected chi connectivity index (χ4v) is 3.97. The van der Waals surface area contributed by atoms with E-state index in [-0.39, 0.29) is 0 Å². The Morgan fingerprint density at radius 1 is 0.857 bits per heavy atom. The van der Waals surface area contributed by atoms with Crippen molar-refractivity contribution in [2.75, 3.05) is 20.0 Å². The lowest BCUT2D eigenvalue weighted by Crippen LogP contribution is -2.10. The monoisotopic (exact) mass is 289 g/mol. The molecule has 0 radical (unpaired) electrons. The molecule has 0 saturated heterocycles. The first-order valence-electron chi connectivity index (χ1n) is 3.90. The van der Waals surface area contributed by atoms with E-state index in [0.29, 0.717) is 20.1 Å². The van der Waals surface area contributed by atoms with Crippen LogP contribution in [-0.4, -0.2) is 20.0 Å². The normalized spacial score (nSPS) is 11.9. The molecule has 14 heavy (non-hydrogen) atoms. The zero-order chi connectivity index (χ0) is 11.1. The van der Waals surface area contributed by atoms with Gasteiger partial charge < -0.3 is 0 Å². The van der Waals surface area contributed by atoms with Crippen molar-refractivity contribution in [3.8, 4) is 0 Å². The second kappa shape index (κ2) is 4.36. The molecule has 0 bridgehead atoms. The molecule has 0 aromatic heterocycles. The molecule has 0 aliphatic rings. The zero-order valence-electron chi connectivity index (χ0n) is 8.04. The van der Waals surface area contributed by atoms with Gasteiger partial charge in [-0.3, -0.25) is 0 Å². The SMILES string of the molecule is C[P+](C)(C)c1cc(Cl)c(Cl)c(Cl)c1Cl. The van der Waals surface area contributed by atoms with Crippen molar-refractivity contribution in [3.63, 3.8) is 0 Å². The summed E-state index contributed by atoms with van der Waals surface area (Å²) < 4.78 is 0. The number of benzene rings is 1. The Bertz CT molecular complexity index is 368. The first-order valence-corrected chi connectivity index (χ1v) is 8.54. The molecule has 0 heterocycles. The first-order chi connectivity index (χ1) is 6.25. The number of rotatable bonds is 1. The van der Waals surface area contributed by atoms with Crippen LogP contribution in [0.4, 0.5) is 0 Å². The van der Waals surface area contributed by atoms with E-state index in [2.05, 4.69) is 20.0 Å². The average molecular weight is 291 g/mol. The van der Waals surface area contributed by atoms with Gasteiger partial charge in [-0.25, -0.2) is 0 Å². The molecular weight excluding hydrogens is 281 g/mol. The molecule has 0 aliphatic carbocycles. The van der Waals surface area contributed by atoms with E-state index in [1.807, 2.05) is 6.07 Å². The Morgan fingerprint density at radius 2 is 1.36 bits per heavy atom. The lowest BCUT2D eigenvalue weighted by Gasteiger charge is -2.15. The Balaban J connectivity index is 3.49. The third-order valence-corrected chi connectivity index (χ3v) is 5.49. The molecule has 0 N–H and O–H groups in total. The fourth-order valence-electron chi connectivity index (χ4n) is 1.05. The number of hydrogen-bond acceptors (Lipinski definition) is 0. The highest BCUT2D eigenvalue weighted by atomic mass is 35.5. The van der Waals surface area contributed by atoms with Crippen LogP contribution in [0, 0.1) is 0 Å². The molecule has 0 fully saturated rings. The lowest BCUT2D eigenvalue weighted by molar-refractivity contribution is 1.73. The van der Waals surface area contributed by atoms with Crippen molar-refractivity contribution in [1.82, 2.24) is 0 Å². The van der Waals surface area contributed by atoms with E-state index in [0.717, 1.165) is 5.30 Å². The summed E-state index contributed by atoms with van der Waals surface area (Å²) in [7, 11) is -1.24. The summed E-state index contributed by atoms with van der Waals surface area (Å²) in [5.74, 6) is 0. The molecule has 0 aliphatic heterocycles. The maximum absolute atomic E-state index is 6.11. The summed E-state index contributed by atoms with van der Waals surface area (Å²) in [5, 5.41) is 2.69. The molecule has 0 amide bonds. The Morgan fingerprint density at radius 3 is 1.79 bits per heavy atom. The van der Waals surface area contributed by atoms with Gasteiger partial charge >= 0.3 is 0 Å². The lowest BCUT2D eigenvalue weighted by atomic mass is 10.3. The minimum atomic E-state index is -1.24. The largest absolute Gasteiger partial charge is 0.115 e. The average Bonchev–Trinajstić information content (AvgIpc) is 2.06. The summed E-state index contributed by atoms with van der Waals surface area (Å²) in [4.78, 5) is 0. The third-order valence-electron chi connectivity index (χ3n) is 1.81. The van der Waals surface area contributed by atoms with Crippen LogP contribution in [-0.2, 0) is 0 Å². The highest BCUT2D eigenvalue weighted by Gasteiger charge is 2.28. The topological polar surface area (TPSA) is 0 Å². The van der Waals surface area contributed by atoms with Gasteiger partial charge in [0, 0.05) is 13.3 Å². The highest BCUT2D eigenvalue weighted by molar-refractivity contribution is 7.81. The van der Waals surface area contributed by atoms with E-state index in [4.69, 9.17) is 46.4 Å². The van der Waals surface area contributed by atoms with Gasteiger partial charge in [-0.05, 0) is 0 Å². The first kappa shape index (κ1) is 12.9. The third kappa shape index (κ3) is 2.49. The van der Waals surface area contributed by atoms with Gasteiger partial charge in [-0.1, -0.05) is 46.4 Å². The second-order valence-corrected chi connectivity index (χ2v) is 9.88. The van der Waals surface area contributed by atoms with Crippen molar-refractivity contribution in [1.29, 1.82) is 0 Å². The molecule has 0 unspecified atom stereocenters. The van der Waals surface area contributed by atoms with Crippen molar-refractivity contribution in [3.05, 3.63) is 26.2 Å². The second-order valence-electron chi connectivity index (χ2n) is 3.83. The summed E-state index contributed by atoms with van der Waals surface area (Å²) >= 11 is 23.9. The highest BCUT2D eigenvalue weighted by Crippen LogP contribution is 2.50. The smallest absolute Gasteiger partial charge is 0.0825 e. The Kier molecular flexibility index (Phi) is 4.01. The van der Waals surface area contributed by atoms with Crippen molar-refractivity contribution in [2.45, 2.75) is 0 Å². The van der Waals surface area contributed by atoms with E-state index in [1.54, 1.807) is 0 Å². The van der Waals surface area contributed by atoms with E-state index in [1.165, 1.54) is 0 Å². The van der Waals surface area contributed by atoms with Crippen LogP contribution in [0.15, 0.2) is 6.07 Å². The molecule has 0 spiro atoms. The minimum Gasteiger partial charge on any atom is -0.0825 e. The van der Waals surface area contributed by atoms with Gasteiger partial charge in [0.1, 0.15) is 10.3 Å². The molecule has 1 rings (SSSR count). The van der Waals surface area contributed by atoms with Crippen LogP contribution < -0.4 is 5.30 Å². The van der Waals surface area contributed by atoms with Crippen LogP contribution in [0.3, 0.4) is 0 Å². The molecule has 5 heteroatoms. The van der Waals surface area contributed by atoms with Crippen LogP contribution in [0.2, 0.25) is 20.1 Å². The summed E-state index contributed by atoms with van der Waals surface area (Å²) in [6.45, 7) is 6.44. The minimum absolute atomic E-state index is 0.329. The van der Waals surface area contributed by atoms with Crippen molar-refractivity contribution >= 4 is 59.0 Å². The standard InChI is InChI=1S/C9H10Cl4P/c1-14(2,3)6-4-5(10)7(11)9(13)8(6)12/h4H,1-3H3/q+1. The summed E-state index contributed by atoms with van der Waals surface area (Å²) in [5.41, 5.74) is 0. The van der Waals surface area contributed by atoms with Crippen LogP contribution >= 0.6 is 53.7 Å². The van der Waals surface area contributed by atoms with E-state index >= 15 is 0 Å². The maximum atomic E-state index is 6.11.